The number of benzene rings is 2. The van der Waals surface area contributed by atoms with Gasteiger partial charge < -0.3 is 15.8 Å². The molecule has 0 aliphatic carbocycles. The molecule has 1 amide bonds. The molecule has 1 atom stereocenters. The van der Waals surface area contributed by atoms with Gasteiger partial charge in [0.1, 0.15) is 11.3 Å². The number of carbonyl (C=O) groups is 1. The van der Waals surface area contributed by atoms with E-state index in [0.717, 1.165) is 5.56 Å². The Hall–Kier alpha value is -2.33. The zero-order valence-electron chi connectivity index (χ0n) is 11.6. The van der Waals surface area contributed by atoms with Crippen LogP contribution in [-0.4, -0.2) is 13.0 Å². The van der Waals surface area contributed by atoms with Crippen molar-refractivity contribution in [3.05, 3.63) is 60.2 Å². The van der Waals surface area contributed by atoms with Gasteiger partial charge in [-0.2, -0.15) is 0 Å². The highest BCUT2D eigenvalue weighted by Gasteiger charge is 2.30. The van der Waals surface area contributed by atoms with Crippen molar-refractivity contribution in [3.8, 4) is 5.75 Å². The summed E-state index contributed by atoms with van der Waals surface area (Å²) in [4.78, 5) is 12.4. The molecule has 2 aromatic rings. The third-order valence-electron chi connectivity index (χ3n) is 3.20. The number of anilines is 1. The number of nitrogens with two attached hydrogens (primary N) is 1. The van der Waals surface area contributed by atoms with Gasteiger partial charge in [0.25, 0.3) is 0 Å². The van der Waals surface area contributed by atoms with E-state index in [1.54, 1.807) is 26.2 Å². The van der Waals surface area contributed by atoms with E-state index < -0.39 is 5.54 Å². The van der Waals surface area contributed by atoms with Gasteiger partial charge in [0.15, 0.2) is 0 Å². The van der Waals surface area contributed by atoms with Crippen LogP contribution in [0.2, 0.25) is 0 Å². The lowest BCUT2D eigenvalue weighted by Gasteiger charge is -2.24. The molecule has 0 radical (unpaired) electrons. The molecule has 2 aromatic carbocycles. The lowest BCUT2D eigenvalue weighted by atomic mass is 9.92. The molecule has 1 unspecified atom stereocenters. The van der Waals surface area contributed by atoms with Crippen LogP contribution in [0.4, 0.5) is 5.69 Å². The van der Waals surface area contributed by atoms with E-state index in [1.807, 2.05) is 42.5 Å². The molecule has 0 spiro atoms. The fraction of sp³-hybridized carbons (Fsp3) is 0.188. The van der Waals surface area contributed by atoms with Crippen molar-refractivity contribution in [2.45, 2.75) is 12.5 Å². The minimum absolute atomic E-state index is 0.284. The molecule has 0 bridgehead atoms. The Morgan fingerprint density at radius 2 is 1.70 bits per heavy atom. The summed E-state index contributed by atoms with van der Waals surface area (Å²) in [5.41, 5.74) is 6.42. The zero-order chi connectivity index (χ0) is 14.6. The number of rotatable bonds is 4. The lowest BCUT2D eigenvalue weighted by Crippen LogP contribution is -2.45. The molecule has 0 saturated heterocycles. The van der Waals surface area contributed by atoms with Crippen LogP contribution in [0.15, 0.2) is 54.6 Å². The summed E-state index contributed by atoms with van der Waals surface area (Å²) in [6, 6.07) is 16.5. The van der Waals surface area contributed by atoms with E-state index in [-0.39, 0.29) is 5.91 Å². The van der Waals surface area contributed by atoms with Gasteiger partial charge in [-0.25, -0.2) is 0 Å². The molecule has 0 aliphatic rings. The fourth-order valence-electron chi connectivity index (χ4n) is 1.92. The molecular weight excluding hydrogens is 252 g/mol. The molecule has 4 heteroatoms. The molecule has 0 heterocycles. The van der Waals surface area contributed by atoms with Crippen LogP contribution in [0, 0.1) is 0 Å². The zero-order valence-corrected chi connectivity index (χ0v) is 11.6. The Bertz CT molecular complexity index is 594. The third kappa shape index (κ3) is 2.81. The summed E-state index contributed by atoms with van der Waals surface area (Å²) in [7, 11) is 1.56. The summed E-state index contributed by atoms with van der Waals surface area (Å²) in [5, 5.41) is 2.81. The van der Waals surface area contributed by atoms with E-state index in [9.17, 15) is 4.79 Å². The van der Waals surface area contributed by atoms with E-state index in [0.29, 0.717) is 11.4 Å². The Balaban J connectivity index is 2.24. The predicted molar refractivity (Wildman–Crippen MR) is 79.6 cm³/mol. The summed E-state index contributed by atoms with van der Waals surface area (Å²) in [6.45, 7) is 1.69. The SMILES string of the molecule is COc1ccccc1NC(=O)C(C)(N)c1ccccc1. The van der Waals surface area contributed by atoms with E-state index in [1.165, 1.54) is 0 Å². The highest BCUT2D eigenvalue weighted by atomic mass is 16.5. The molecule has 0 fully saturated rings. The van der Waals surface area contributed by atoms with E-state index in [4.69, 9.17) is 10.5 Å². The van der Waals surface area contributed by atoms with Gasteiger partial charge in [0, 0.05) is 0 Å². The Morgan fingerprint density at radius 1 is 1.10 bits per heavy atom. The Kier molecular flexibility index (Phi) is 4.05. The molecule has 0 aliphatic heterocycles. The average molecular weight is 270 g/mol. The van der Waals surface area contributed by atoms with Crippen LogP contribution in [0.25, 0.3) is 0 Å². The molecule has 4 nitrogen and oxygen atoms in total. The topological polar surface area (TPSA) is 64.3 Å². The molecule has 0 aromatic heterocycles. The average Bonchev–Trinajstić information content (AvgIpc) is 2.48. The molecule has 2 rings (SSSR count). The maximum absolute atomic E-state index is 12.4. The van der Waals surface area contributed by atoms with Crippen molar-refractivity contribution in [1.82, 2.24) is 0 Å². The first-order valence-electron chi connectivity index (χ1n) is 6.34. The van der Waals surface area contributed by atoms with Gasteiger partial charge in [-0.1, -0.05) is 42.5 Å². The van der Waals surface area contributed by atoms with Gasteiger partial charge in [-0.05, 0) is 24.6 Å². The summed E-state index contributed by atoms with van der Waals surface area (Å²) >= 11 is 0. The standard InChI is InChI=1S/C16H18N2O2/c1-16(17,12-8-4-3-5-9-12)15(19)18-13-10-6-7-11-14(13)20-2/h3-11H,17H2,1-2H3,(H,18,19). The third-order valence-corrected chi connectivity index (χ3v) is 3.20. The lowest BCUT2D eigenvalue weighted by molar-refractivity contribution is -0.120. The fourth-order valence-corrected chi connectivity index (χ4v) is 1.92. The monoisotopic (exact) mass is 270 g/mol. The number of hydrogen-bond donors (Lipinski definition) is 2. The Morgan fingerprint density at radius 3 is 2.35 bits per heavy atom. The summed E-state index contributed by atoms with van der Waals surface area (Å²) < 4.78 is 5.21. The first kappa shape index (κ1) is 14.1. The second-order valence-corrected chi connectivity index (χ2v) is 4.72. The van der Waals surface area contributed by atoms with Crippen molar-refractivity contribution >= 4 is 11.6 Å². The molecule has 3 N–H and O–H groups in total. The highest BCUT2D eigenvalue weighted by Crippen LogP contribution is 2.26. The second kappa shape index (κ2) is 5.75. The van der Waals surface area contributed by atoms with Crippen LogP contribution in [0.1, 0.15) is 12.5 Å². The minimum Gasteiger partial charge on any atom is -0.495 e. The number of para-hydroxylation sites is 2. The van der Waals surface area contributed by atoms with E-state index >= 15 is 0 Å². The van der Waals surface area contributed by atoms with Crippen molar-refractivity contribution in [3.63, 3.8) is 0 Å². The Labute approximate surface area is 118 Å². The summed E-state index contributed by atoms with van der Waals surface area (Å²) in [5.74, 6) is 0.318. The smallest absolute Gasteiger partial charge is 0.248 e. The van der Waals surface area contributed by atoms with Crippen LogP contribution < -0.4 is 15.8 Å². The largest absolute Gasteiger partial charge is 0.495 e. The van der Waals surface area contributed by atoms with Gasteiger partial charge in [0.2, 0.25) is 5.91 Å². The number of hydrogen-bond acceptors (Lipinski definition) is 3. The van der Waals surface area contributed by atoms with Crippen molar-refractivity contribution in [1.29, 1.82) is 0 Å². The quantitative estimate of drug-likeness (QED) is 0.897. The molecule has 20 heavy (non-hydrogen) atoms. The van der Waals surface area contributed by atoms with Crippen molar-refractivity contribution < 1.29 is 9.53 Å². The molecule has 104 valence electrons. The predicted octanol–water partition coefficient (Wildman–Crippen LogP) is 2.51. The first-order chi connectivity index (χ1) is 9.55. The molecular formula is C16H18N2O2. The normalized spacial score (nSPS) is 13.3. The van der Waals surface area contributed by atoms with Gasteiger partial charge >= 0.3 is 0 Å². The first-order valence-corrected chi connectivity index (χ1v) is 6.34. The summed E-state index contributed by atoms with van der Waals surface area (Å²) in [6.07, 6.45) is 0. The molecule has 0 saturated carbocycles. The number of nitrogens with one attached hydrogen (secondary N) is 1. The maximum atomic E-state index is 12.4. The highest BCUT2D eigenvalue weighted by molar-refractivity contribution is 5.99. The number of amides is 1. The van der Waals surface area contributed by atoms with Crippen molar-refractivity contribution in [2.75, 3.05) is 12.4 Å². The van der Waals surface area contributed by atoms with Gasteiger partial charge in [0.05, 0.1) is 12.8 Å². The number of methoxy groups -OCH3 is 1. The van der Waals surface area contributed by atoms with E-state index in [2.05, 4.69) is 5.32 Å². The van der Waals surface area contributed by atoms with Crippen molar-refractivity contribution in [2.24, 2.45) is 5.73 Å². The minimum atomic E-state index is -1.11. The van der Waals surface area contributed by atoms with Gasteiger partial charge in [-0.15, -0.1) is 0 Å². The number of ether oxygens (including phenoxy) is 1. The van der Waals surface area contributed by atoms with Gasteiger partial charge in [-0.3, -0.25) is 4.79 Å². The number of carbonyl (C=O) groups excluding carboxylic acids is 1. The van der Waals surface area contributed by atoms with Crippen LogP contribution in [-0.2, 0) is 10.3 Å². The van der Waals surface area contributed by atoms with Crippen LogP contribution >= 0.6 is 0 Å². The van der Waals surface area contributed by atoms with Crippen LogP contribution in [0.5, 0.6) is 5.75 Å². The maximum Gasteiger partial charge on any atom is 0.248 e. The van der Waals surface area contributed by atoms with Crippen LogP contribution in [0.3, 0.4) is 0 Å². The second-order valence-electron chi connectivity index (χ2n) is 4.72.